The summed E-state index contributed by atoms with van der Waals surface area (Å²) >= 11 is 1.72. The van der Waals surface area contributed by atoms with Crippen molar-refractivity contribution in [2.45, 2.75) is 70.4 Å². The predicted octanol–water partition coefficient (Wildman–Crippen LogP) is 3.52. The number of amides is 1. The summed E-state index contributed by atoms with van der Waals surface area (Å²) in [6, 6.07) is 2.61. The first-order chi connectivity index (χ1) is 12.7. The fraction of sp³-hybridized carbons (Fsp3) is 0.762. The zero-order valence-corrected chi connectivity index (χ0v) is 16.7. The van der Waals surface area contributed by atoms with Gasteiger partial charge in [-0.05, 0) is 85.0 Å². The van der Waals surface area contributed by atoms with Gasteiger partial charge in [-0.3, -0.25) is 4.79 Å². The molecule has 26 heavy (non-hydrogen) atoms. The minimum atomic E-state index is 0.0540. The second-order valence-electron chi connectivity index (χ2n) is 8.93. The molecule has 5 heteroatoms. The van der Waals surface area contributed by atoms with Crippen LogP contribution < -0.4 is 11.1 Å². The van der Waals surface area contributed by atoms with Crippen LogP contribution in [0.2, 0.25) is 0 Å². The van der Waals surface area contributed by atoms with Gasteiger partial charge in [0.1, 0.15) is 0 Å². The average Bonchev–Trinajstić information content (AvgIpc) is 3.09. The van der Waals surface area contributed by atoms with Gasteiger partial charge in [-0.15, -0.1) is 0 Å². The highest BCUT2D eigenvalue weighted by Gasteiger charge is 2.58. The predicted molar refractivity (Wildman–Crippen MR) is 107 cm³/mol. The van der Waals surface area contributed by atoms with E-state index < -0.39 is 0 Å². The maximum absolute atomic E-state index is 13.5. The Hall–Kier alpha value is -0.910. The topological polar surface area (TPSA) is 58.4 Å². The van der Waals surface area contributed by atoms with Crippen LogP contribution in [0.5, 0.6) is 0 Å². The monoisotopic (exact) mass is 375 g/mol. The van der Waals surface area contributed by atoms with Gasteiger partial charge in [-0.2, -0.15) is 11.3 Å². The number of nitrogens with two attached hydrogens (primary N) is 1. The van der Waals surface area contributed by atoms with Crippen LogP contribution >= 0.6 is 11.3 Å². The zero-order chi connectivity index (χ0) is 18.0. The summed E-state index contributed by atoms with van der Waals surface area (Å²) in [7, 11) is 0. The number of hydrogen-bond donors (Lipinski definition) is 2. The fourth-order valence-corrected chi connectivity index (χ4v) is 6.02. The summed E-state index contributed by atoms with van der Waals surface area (Å²) in [5.41, 5.74) is 7.90. The van der Waals surface area contributed by atoms with Crippen LogP contribution in [0.15, 0.2) is 16.8 Å². The molecule has 2 saturated carbocycles. The minimum Gasteiger partial charge on any atom is -0.335 e. The highest BCUT2D eigenvalue weighted by molar-refractivity contribution is 7.07. The molecule has 3 aliphatic rings. The van der Waals surface area contributed by atoms with Crippen molar-refractivity contribution in [3.63, 3.8) is 0 Å². The lowest BCUT2D eigenvalue weighted by molar-refractivity contribution is -0.136. The molecule has 3 fully saturated rings. The van der Waals surface area contributed by atoms with E-state index in [0.717, 1.165) is 32.5 Å². The van der Waals surface area contributed by atoms with Crippen LogP contribution in [0, 0.1) is 10.8 Å². The van der Waals surface area contributed by atoms with Gasteiger partial charge in [-0.25, -0.2) is 0 Å². The molecule has 144 valence electrons. The molecule has 1 amide bonds. The number of nitrogens with one attached hydrogen (secondary N) is 1. The van der Waals surface area contributed by atoms with Crippen molar-refractivity contribution in [3.05, 3.63) is 22.4 Å². The minimum absolute atomic E-state index is 0.0540. The van der Waals surface area contributed by atoms with Gasteiger partial charge in [0.25, 0.3) is 0 Å². The molecule has 1 aliphatic heterocycles. The zero-order valence-electron chi connectivity index (χ0n) is 15.8. The average molecular weight is 376 g/mol. The van der Waals surface area contributed by atoms with Gasteiger partial charge in [0, 0.05) is 19.0 Å². The fourth-order valence-electron chi connectivity index (χ4n) is 5.36. The molecule has 2 heterocycles. The Balaban J connectivity index is 1.49. The van der Waals surface area contributed by atoms with Crippen LogP contribution in [0.25, 0.3) is 0 Å². The molecule has 4 nitrogen and oxygen atoms in total. The number of rotatable bonds is 6. The molecule has 0 aromatic carbocycles. The maximum Gasteiger partial charge on any atom is 0.223 e. The van der Waals surface area contributed by atoms with Crippen molar-refractivity contribution >= 4 is 17.2 Å². The maximum atomic E-state index is 13.5. The van der Waals surface area contributed by atoms with E-state index in [1.165, 1.54) is 44.1 Å². The van der Waals surface area contributed by atoms with Crippen molar-refractivity contribution in [2.24, 2.45) is 16.6 Å². The van der Waals surface area contributed by atoms with Gasteiger partial charge in [0.2, 0.25) is 5.91 Å². The Morgan fingerprint density at radius 3 is 2.65 bits per heavy atom. The quantitative estimate of drug-likeness (QED) is 0.800. The van der Waals surface area contributed by atoms with E-state index in [-0.39, 0.29) is 5.41 Å². The second-order valence-corrected chi connectivity index (χ2v) is 9.71. The lowest BCUT2D eigenvalue weighted by Crippen LogP contribution is -2.43. The third kappa shape index (κ3) is 3.71. The van der Waals surface area contributed by atoms with E-state index in [1.807, 2.05) is 0 Å². The number of piperidine rings is 1. The molecule has 1 aromatic heterocycles. The van der Waals surface area contributed by atoms with Gasteiger partial charge in [-0.1, -0.05) is 19.3 Å². The van der Waals surface area contributed by atoms with E-state index in [4.69, 9.17) is 5.73 Å². The summed E-state index contributed by atoms with van der Waals surface area (Å²) in [4.78, 5) is 15.7. The third-order valence-corrected chi connectivity index (χ3v) is 7.98. The third-order valence-electron chi connectivity index (χ3n) is 7.25. The van der Waals surface area contributed by atoms with E-state index in [0.29, 0.717) is 30.3 Å². The SMILES string of the molecule is NCC1(CC(=O)N(Cc2ccsc2)C2CC23CCNCC3)CCCCC1. The first-order valence-corrected chi connectivity index (χ1v) is 11.3. The van der Waals surface area contributed by atoms with Gasteiger partial charge in [0.15, 0.2) is 0 Å². The molecule has 3 N–H and O–H groups in total. The molecule has 0 radical (unpaired) electrons. The molecule has 0 bridgehead atoms. The normalized spacial score (nSPS) is 26.6. The van der Waals surface area contributed by atoms with Crippen LogP contribution in [0.1, 0.15) is 63.4 Å². The van der Waals surface area contributed by atoms with Crippen LogP contribution in [0.4, 0.5) is 0 Å². The van der Waals surface area contributed by atoms with E-state index in [9.17, 15) is 4.79 Å². The Morgan fingerprint density at radius 2 is 2.00 bits per heavy atom. The molecule has 4 rings (SSSR count). The molecule has 1 saturated heterocycles. The summed E-state index contributed by atoms with van der Waals surface area (Å²) in [6.45, 7) is 3.64. The van der Waals surface area contributed by atoms with Crippen molar-refractivity contribution in [3.8, 4) is 0 Å². The van der Waals surface area contributed by atoms with Crippen molar-refractivity contribution in [2.75, 3.05) is 19.6 Å². The molecule has 1 atom stereocenters. The Labute approximate surface area is 161 Å². The van der Waals surface area contributed by atoms with Gasteiger partial charge in [0.05, 0.1) is 0 Å². The Kier molecular flexibility index (Phi) is 5.40. The molecular formula is C21H33N3OS. The summed E-state index contributed by atoms with van der Waals surface area (Å²) in [5, 5.41) is 7.79. The van der Waals surface area contributed by atoms with Crippen molar-refractivity contribution in [1.29, 1.82) is 0 Å². The largest absolute Gasteiger partial charge is 0.335 e. The lowest BCUT2D eigenvalue weighted by Gasteiger charge is -2.38. The Bertz CT molecular complexity index is 603. The molecule has 1 aromatic rings. The smallest absolute Gasteiger partial charge is 0.223 e. The summed E-state index contributed by atoms with van der Waals surface area (Å²) < 4.78 is 0. The number of nitrogens with zero attached hydrogens (tertiary/aromatic N) is 1. The van der Waals surface area contributed by atoms with E-state index >= 15 is 0 Å². The number of carbonyl (C=O) groups is 1. The molecule has 1 unspecified atom stereocenters. The number of thiophene rings is 1. The van der Waals surface area contributed by atoms with E-state index in [2.05, 4.69) is 27.0 Å². The lowest BCUT2D eigenvalue weighted by atomic mass is 9.71. The van der Waals surface area contributed by atoms with E-state index in [1.54, 1.807) is 11.3 Å². The summed E-state index contributed by atoms with van der Waals surface area (Å²) in [5.74, 6) is 0.351. The number of carbonyl (C=O) groups excluding carboxylic acids is 1. The highest BCUT2D eigenvalue weighted by atomic mass is 32.1. The first-order valence-electron chi connectivity index (χ1n) is 10.4. The van der Waals surface area contributed by atoms with Crippen molar-refractivity contribution < 1.29 is 4.79 Å². The standard InChI is InChI=1S/C21H33N3OS/c22-16-20(5-2-1-3-6-20)13-19(25)24(14-17-4-11-26-15-17)18-12-21(18)7-9-23-10-8-21/h4,11,15,18,23H,1-3,5-10,12-14,16,22H2. The van der Waals surface area contributed by atoms with Gasteiger partial charge >= 0.3 is 0 Å². The van der Waals surface area contributed by atoms with Crippen molar-refractivity contribution in [1.82, 2.24) is 10.2 Å². The first kappa shape index (κ1) is 18.5. The Morgan fingerprint density at radius 1 is 1.23 bits per heavy atom. The van der Waals surface area contributed by atoms with Crippen LogP contribution in [-0.2, 0) is 11.3 Å². The second kappa shape index (κ2) is 7.61. The summed E-state index contributed by atoms with van der Waals surface area (Å²) in [6.07, 6.45) is 10.3. The highest BCUT2D eigenvalue weighted by Crippen LogP contribution is 2.56. The molecule has 1 spiro atoms. The number of hydrogen-bond acceptors (Lipinski definition) is 4. The van der Waals surface area contributed by atoms with Crippen LogP contribution in [0.3, 0.4) is 0 Å². The van der Waals surface area contributed by atoms with Crippen LogP contribution in [-0.4, -0.2) is 36.5 Å². The molecular weight excluding hydrogens is 342 g/mol. The van der Waals surface area contributed by atoms with Gasteiger partial charge < -0.3 is 16.0 Å². The molecule has 2 aliphatic carbocycles.